The molecule has 24 heavy (non-hydrogen) atoms. The van der Waals surface area contributed by atoms with Crippen molar-refractivity contribution in [3.05, 3.63) is 33.4 Å². The third kappa shape index (κ3) is 3.66. The Morgan fingerprint density at radius 3 is 2.58 bits per heavy atom. The van der Waals surface area contributed by atoms with E-state index in [0.29, 0.717) is 44.0 Å². The highest BCUT2D eigenvalue weighted by Gasteiger charge is 2.26. The van der Waals surface area contributed by atoms with Crippen molar-refractivity contribution < 1.29 is 22.8 Å². The minimum atomic E-state index is -3.18. The van der Waals surface area contributed by atoms with Crippen LogP contribution >= 0.6 is 0 Å². The summed E-state index contributed by atoms with van der Waals surface area (Å²) in [7, 11) is -3.18. The van der Waals surface area contributed by atoms with Gasteiger partial charge in [0.2, 0.25) is 10.0 Å². The van der Waals surface area contributed by atoms with E-state index in [1.54, 1.807) is 0 Å². The summed E-state index contributed by atoms with van der Waals surface area (Å²) < 4.78 is 35.3. The second-order valence-electron chi connectivity index (χ2n) is 5.90. The van der Waals surface area contributed by atoms with E-state index in [1.807, 2.05) is 0 Å². The molecule has 1 fully saturated rings. The molecule has 0 atom stereocenters. The zero-order valence-corrected chi connectivity index (χ0v) is 14.1. The van der Waals surface area contributed by atoms with Crippen molar-refractivity contribution in [2.75, 3.05) is 39.2 Å². The standard InChI is InChI=1S/C14H19N3O6S/c1-24(20,21)16-4-2-15(3-5-16)8-11-6-13(17(18)19)7-12-9-22-10-23-14(11)12/h6-7H,2-5,8-10H2,1H3. The third-order valence-electron chi connectivity index (χ3n) is 4.18. The van der Waals surface area contributed by atoms with E-state index in [2.05, 4.69) is 4.90 Å². The Morgan fingerprint density at radius 1 is 1.25 bits per heavy atom. The van der Waals surface area contributed by atoms with E-state index in [-0.39, 0.29) is 19.1 Å². The number of non-ortho nitro benzene ring substituents is 1. The van der Waals surface area contributed by atoms with E-state index >= 15 is 0 Å². The maximum absolute atomic E-state index is 11.6. The largest absolute Gasteiger partial charge is 0.467 e. The predicted octanol–water partition coefficient (Wildman–Crippen LogP) is 0.538. The molecular weight excluding hydrogens is 338 g/mol. The van der Waals surface area contributed by atoms with Crippen molar-refractivity contribution in [3.63, 3.8) is 0 Å². The van der Waals surface area contributed by atoms with Crippen LogP contribution in [-0.4, -0.2) is 61.8 Å². The van der Waals surface area contributed by atoms with Crippen LogP contribution in [0.15, 0.2) is 12.1 Å². The number of nitro groups is 1. The minimum absolute atomic E-state index is 0.00706. The molecule has 0 radical (unpaired) electrons. The Bertz CT molecular complexity index is 743. The first kappa shape index (κ1) is 17.1. The topological polar surface area (TPSA) is 102 Å². The number of fused-ring (bicyclic) bond motifs is 1. The molecule has 2 aliphatic heterocycles. The van der Waals surface area contributed by atoms with E-state index in [4.69, 9.17) is 9.47 Å². The molecular formula is C14H19N3O6S. The minimum Gasteiger partial charge on any atom is -0.467 e. The maximum Gasteiger partial charge on any atom is 0.270 e. The fourth-order valence-electron chi connectivity index (χ4n) is 2.96. The predicted molar refractivity (Wildman–Crippen MR) is 85.1 cm³/mol. The van der Waals surface area contributed by atoms with Gasteiger partial charge in [0.15, 0.2) is 6.79 Å². The lowest BCUT2D eigenvalue weighted by molar-refractivity contribution is -0.385. The Labute approximate surface area is 139 Å². The van der Waals surface area contributed by atoms with Crippen LogP contribution in [0.1, 0.15) is 11.1 Å². The van der Waals surface area contributed by atoms with Crippen LogP contribution in [0.2, 0.25) is 0 Å². The first-order valence-corrected chi connectivity index (χ1v) is 9.37. The second-order valence-corrected chi connectivity index (χ2v) is 7.88. The number of piperazine rings is 1. The lowest BCUT2D eigenvalue weighted by atomic mass is 10.1. The molecule has 0 saturated carbocycles. The van der Waals surface area contributed by atoms with Crippen molar-refractivity contribution in [3.8, 4) is 5.75 Å². The van der Waals surface area contributed by atoms with Gasteiger partial charge in [-0.15, -0.1) is 0 Å². The van der Waals surface area contributed by atoms with Gasteiger partial charge < -0.3 is 9.47 Å². The van der Waals surface area contributed by atoms with E-state index in [0.717, 1.165) is 5.56 Å². The lowest BCUT2D eigenvalue weighted by Gasteiger charge is -2.33. The molecule has 0 aromatic heterocycles. The number of nitro benzene ring substituents is 1. The smallest absolute Gasteiger partial charge is 0.270 e. The molecule has 1 saturated heterocycles. The number of benzene rings is 1. The second kappa shape index (κ2) is 6.63. The zero-order valence-electron chi connectivity index (χ0n) is 13.3. The van der Waals surface area contributed by atoms with Crippen LogP contribution in [0.25, 0.3) is 0 Å². The van der Waals surface area contributed by atoms with Crippen LogP contribution in [0.5, 0.6) is 5.75 Å². The van der Waals surface area contributed by atoms with Crippen LogP contribution < -0.4 is 4.74 Å². The molecule has 1 aromatic rings. The highest BCUT2D eigenvalue weighted by molar-refractivity contribution is 7.88. The highest BCUT2D eigenvalue weighted by atomic mass is 32.2. The lowest BCUT2D eigenvalue weighted by Crippen LogP contribution is -2.47. The summed E-state index contributed by atoms with van der Waals surface area (Å²) >= 11 is 0. The molecule has 2 heterocycles. The van der Waals surface area contributed by atoms with Gasteiger partial charge in [-0.25, -0.2) is 8.42 Å². The van der Waals surface area contributed by atoms with Crippen molar-refractivity contribution in [2.45, 2.75) is 13.2 Å². The summed E-state index contributed by atoms with van der Waals surface area (Å²) in [6, 6.07) is 2.99. The number of sulfonamides is 1. The van der Waals surface area contributed by atoms with E-state index in [1.165, 1.54) is 22.7 Å². The number of hydrogen-bond donors (Lipinski definition) is 0. The Kier molecular flexibility index (Phi) is 4.72. The van der Waals surface area contributed by atoms with Gasteiger partial charge in [-0.3, -0.25) is 15.0 Å². The number of ether oxygens (including phenoxy) is 2. The van der Waals surface area contributed by atoms with Crippen molar-refractivity contribution in [1.29, 1.82) is 0 Å². The van der Waals surface area contributed by atoms with Gasteiger partial charge in [-0.1, -0.05) is 0 Å². The molecule has 132 valence electrons. The van der Waals surface area contributed by atoms with Crippen molar-refractivity contribution in [2.24, 2.45) is 0 Å². The zero-order chi connectivity index (χ0) is 17.3. The summed E-state index contributed by atoms with van der Waals surface area (Å²) in [6.07, 6.45) is 1.20. The molecule has 0 amide bonds. The Balaban J connectivity index is 1.78. The summed E-state index contributed by atoms with van der Waals surface area (Å²) in [5.74, 6) is 0.636. The van der Waals surface area contributed by atoms with Crippen LogP contribution in [0.3, 0.4) is 0 Å². The molecule has 0 bridgehead atoms. The fourth-order valence-corrected chi connectivity index (χ4v) is 3.79. The molecule has 0 aliphatic carbocycles. The summed E-state index contributed by atoms with van der Waals surface area (Å²) in [6.45, 7) is 2.86. The fraction of sp³-hybridized carbons (Fsp3) is 0.571. The van der Waals surface area contributed by atoms with Crippen LogP contribution in [0.4, 0.5) is 5.69 Å². The van der Waals surface area contributed by atoms with E-state index in [9.17, 15) is 18.5 Å². The van der Waals surface area contributed by atoms with Gasteiger partial charge in [0.25, 0.3) is 5.69 Å². The average molecular weight is 357 g/mol. The molecule has 0 N–H and O–H groups in total. The highest BCUT2D eigenvalue weighted by Crippen LogP contribution is 2.33. The normalized spacial score (nSPS) is 19.5. The monoisotopic (exact) mass is 357 g/mol. The first-order valence-electron chi connectivity index (χ1n) is 7.53. The Morgan fingerprint density at radius 2 is 1.96 bits per heavy atom. The molecule has 2 aliphatic rings. The molecule has 9 nitrogen and oxygen atoms in total. The van der Waals surface area contributed by atoms with E-state index < -0.39 is 14.9 Å². The number of nitrogens with zero attached hydrogens (tertiary/aromatic N) is 3. The Hall–Kier alpha value is -1.75. The van der Waals surface area contributed by atoms with Gasteiger partial charge >= 0.3 is 0 Å². The summed E-state index contributed by atoms with van der Waals surface area (Å²) in [5, 5.41) is 11.1. The summed E-state index contributed by atoms with van der Waals surface area (Å²) in [4.78, 5) is 12.8. The van der Waals surface area contributed by atoms with Crippen LogP contribution in [-0.2, 0) is 27.9 Å². The molecule has 0 unspecified atom stereocenters. The van der Waals surface area contributed by atoms with Gasteiger partial charge in [-0.05, 0) is 0 Å². The maximum atomic E-state index is 11.6. The first-order chi connectivity index (χ1) is 11.3. The molecule has 10 heteroatoms. The van der Waals surface area contributed by atoms with Gasteiger partial charge in [-0.2, -0.15) is 4.31 Å². The van der Waals surface area contributed by atoms with Gasteiger partial charge in [0.05, 0.1) is 17.8 Å². The number of rotatable bonds is 4. The van der Waals surface area contributed by atoms with Gasteiger partial charge in [0, 0.05) is 56.0 Å². The third-order valence-corrected chi connectivity index (χ3v) is 5.48. The van der Waals surface area contributed by atoms with Crippen molar-refractivity contribution in [1.82, 2.24) is 9.21 Å². The molecule has 3 rings (SSSR count). The van der Waals surface area contributed by atoms with Crippen LogP contribution in [0, 0.1) is 10.1 Å². The summed E-state index contributed by atoms with van der Waals surface area (Å²) in [5.41, 5.74) is 1.41. The van der Waals surface area contributed by atoms with Crippen molar-refractivity contribution >= 4 is 15.7 Å². The number of hydrogen-bond acceptors (Lipinski definition) is 7. The quantitative estimate of drug-likeness (QED) is 0.572. The van der Waals surface area contributed by atoms with Gasteiger partial charge in [0.1, 0.15) is 5.75 Å². The SMILES string of the molecule is CS(=O)(=O)N1CCN(Cc2cc([N+](=O)[O-])cc3c2OCOC3)CC1. The molecule has 0 spiro atoms. The molecule has 1 aromatic carbocycles. The average Bonchev–Trinajstić information content (AvgIpc) is 2.54.